The van der Waals surface area contributed by atoms with E-state index in [0.29, 0.717) is 12.8 Å². The predicted molar refractivity (Wildman–Crippen MR) is 126 cm³/mol. The van der Waals surface area contributed by atoms with Crippen LogP contribution in [0.1, 0.15) is 46.5 Å². The van der Waals surface area contributed by atoms with Crippen LogP contribution in [0.4, 0.5) is 0 Å². The maximum Gasteiger partial charge on any atom is 0.303 e. The van der Waals surface area contributed by atoms with Crippen LogP contribution in [0.15, 0.2) is 0 Å². The fraction of sp³-hybridized carbons (Fsp3) is 0.963. The zero-order chi connectivity index (χ0) is 25.5. The molecule has 9 heteroatoms. The number of hydrogen-bond donors (Lipinski definition) is 1. The molecule has 2 heterocycles. The lowest BCUT2D eigenvalue weighted by molar-refractivity contribution is -0.332. The van der Waals surface area contributed by atoms with Crippen LogP contribution in [0.5, 0.6) is 0 Å². The summed E-state index contributed by atoms with van der Waals surface area (Å²) < 4.78 is 38.7. The highest BCUT2D eigenvalue weighted by molar-refractivity contribution is 5.67. The largest absolute Gasteiger partial charge is 0.459 e. The number of ether oxygens (including phenoxy) is 6. The first-order valence-corrected chi connectivity index (χ1v) is 13.7. The van der Waals surface area contributed by atoms with Crippen molar-refractivity contribution in [2.24, 2.45) is 28.6 Å². The van der Waals surface area contributed by atoms with Crippen molar-refractivity contribution in [1.82, 2.24) is 4.90 Å². The minimum atomic E-state index is -1.16. The summed E-state index contributed by atoms with van der Waals surface area (Å²) in [7, 11) is 5.23. The molecule has 0 radical (unpaired) electrons. The van der Waals surface area contributed by atoms with Gasteiger partial charge in [-0.2, -0.15) is 0 Å². The van der Waals surface area contributed by atoms with Crippen molar-refractivity contribution in [2.75, 3.05) is 41.2 Å². The first-order chi connectivity index (χ1) is 17.2. The first-order valence-electron chi connectivity index (χ1n) is 13.7. The van der Waals surface area contributed by atoms with Crippen molar-refractivity contribution < 1.29 is 38.3 Å². The molecule has 202 valence electrons. The van der Waals surface area contributed by atoms with Crippen molar-refractivity contribution in [3.8, 4) is 0 Å². The topological polar surface area (TPSA) is 95.9 Å². The summed E-state index contributed by atoms with van der Waals surface area (Å²) in [5.74, 6) is -0.771. The number of esters is 1. The third-order valence-electron chi connectivity index (χ3n) is 12.2. The Balaban J connectivity index is 1.61. The standard InChI is InChI=1S/C27H41NO8/c1-7-28-12-23(3)9-8-17(32-5)26-20(23)21(36-14(2)29)27(22(26)28)25(34-13-35-27)11-16(31-4)15-10-24(26,30)19(25)18(15)33-6/h15-22,30H,7-13H2,1-6H3/t15?,16-,17-,18-,19?,20?,21-,22-,23-,24-,25+,26+,27?/m0/s1. The van der Waals surface area contributed by atoms with Gasteiger partial charge in [-0.15, -0.1) is 0 Å². The van der Waals surface area contributed by atoms with Crippen molar-refractivity contribution in [3.63, 3.8) is 0 Å². The number of hydrogen-bond acceptors (Lipinski definition) is 9. The molecule has 0 amide bonds. The van der Waals surface area contributed by atoms with Gasteiger partial charge in [-0.1, -0.05) is 13.8 Å². The highest BCUT2D eigenvalue weighted by atomic mass is 16.7. The number of nitrogens with zero attached hydrogens (tertiary/aromatic N) is 1. The van der Waals surface area contributed by atoms with Crippen LogP contribution in [-0.2, 0) is 33.2 Å². The molecule has 3 spiro atoms. The summed E-state index contributed by atoms with van der Waals surface area (Å²) in [6.07, 6.45) is 1.69. The van der Waals surface area contributed by atoms with Gasteiger partial charge >= 0.3 is 5.97 Å². The lowest BCUT2D eigenvalue weighted by atomic mass is 9.41. The fourth-order valence-electron chi connectivity index (χ4n) is 11.7. The monoisotopic (exact) mass is 507 g/mol. The van der Waals surface area contributed by atoms with Gasteiger partial charge in [0, 0.05) is 59.0 Å². The second kappa shape index (κ2) is 7.23. The normalized spacial score (nSPS) is 60.2. The molecule has 0 aromatic rings. The van der Waals surface area contributed by atoms with Gasteiger partial charge < -0.3 is 33.5 Å². The van der Waals surface area contributed by atoms with Crippen LogP contribution >= 0.6 is 0 Å². The highest BCUT2D eigenvalue weighted by Crippen LogP contribution is 2.83. The van der Waals surface area contributed by atoms with E-state index in [-0.39, 0.29) is 60.3 Å². The molecular formula is C27H41NO8. The summed E-state index contributed by atoms with van der Waals surface area (Å²) in [6, 6.07) is -0.224. The molecule has 0 aromatic carbocycles. The summed E-state index contributed by atoms with van der Waals surface area (Å²) in [4.78, 5) is 15.3. The molecule has 2 aliphatic heterocycles. The number of likely N-dealkylation sites (tertiary alicyclic amines) is 1. The van der Waals surface area contributed by atoms with Gasteiger partial charge in [-0.25, -0.2) is 0 Å². The van der Waals surface area contributed by atoms with E-state index >= 15 is 0 Å². The zero-order valence-electron chi connectivity index (χ0n) is 22.3. The zero-order valence-corrected chi connectivity index (χ0v) is 22.3. The fourth-order valence-corrected chi connectivity index (χ4v) is 11.7. The number of rotatable bonds is 5. The molecule has 7 rings (SSSR count). The van der Waals surface area contributed by atoms with Crippen molar-refractivity contribution in [2.45, 2.75) is 93.7 Å². The summed E-state index contributed by atoms with van der Waals surface area (Å²) in [5.41, 5.74) is -3.94. The summed E-state index contributed by atoms with van der Waals surface area (Å²) in [6.45, 7) is 7.72. The van der Waals surface area contributed by atoms with Crippen LogP contribution < -0.4 is 0 Å². The maximum absolute atomic E-state index is 13.4. The van der Waals surface area contributed by atoms with Gasteiger partial charge in [-0.05, 0) is 31.2 Å². The molecule has 4 unspecified atom stereocenters. The van der Waals surface area contributed by atoms with Crippen LogP contribution in [0.25, 0.3) is 0 Å². The van der Waals surface area contributed by atoms with E-state index < -0.39 is 28.3 Å². The minimum absolute atomic E-state index is 0.0317. The molecule has 36 heavy (non-hydrogen) atoms. The predicted octanol–water partition coefficient (Wildman–Crippen LogP) is 1.35. The van der Waals surface area contributed by atoms with Gasteiger partial charge in [-0.3, -0.25) is 9.69 Å². The number of piperidine rings is 1. The number of fused-ring (bicyclic) bond motifs is 1. The Hall–Kier alpha value is -0.810. The SMILES string of the molecule is CCN1C[C@]2(C)CC[C@H](OC)[C@]34C2[C@H](OC(C)=O)C2(OCO[C@@]25C[C@H](OC)C2C[C@]3(O)C5[C@H]2OC)[C@@H]14. The lowest BCUT2D eigenvalue weighted by Gasteiger charge is -2.71. The van der Waals surface area contributed by atoms with Crippen molar-refractivity contribution in [3.05, 3.63) is 0 Å². The average molecular weight is 508 g/mol. The highest BCUT2D eigenvalue weighted by Gasteiger charge is 2.97. The van der Waals surface area contributed by atoms with Crippen LogP contribution in [-0.4, -0.2) is 104 Å². The van der Waals surface area contributed by atoms with E-state index in [1.165, 1.54) is 6.92 Å². The van der Waals surface area contributed by atoms with Crippen LogP contribution in [0.3, 0.4) is 0 Å². The van der Waals surface area contributed by atoms with E-state index in [2.05, 4.69) is 18.7 Å². The second-order valence-corrected chi connectivity index (χ2v) is 12.9. The van der Waals surface area contributed by atoms with E-state index in [1.807, 2.05) is 0 Å². The summed E-state index contributed by atoms with van der Waals surface area (Å²) in [5, 5.41) is 13.4. The van der Waals surface area contributed by atoms with Gasteiger partial charge in [0.15, 0.2) is 5.60 Å². The molecule has 9 nitrogen and oxygen atoms in total. The Labute approximate surface area is 213 Å². The second-order valence-electron chi connectivity index (χ2n) is 12.9. The summed E-state index contributed by atoms with van der Waals surface area (Å²) >= 11 is 0. The Kier molecular flexibility index (Phi) is 4.87. The minimum Gasteiger partial charge on any atom is -0.459 e. The Morgan fingerprint density at radius 2 is 1.89 bits per heavy atom. The first kappa shape index (κ1) is 24.2. The number of methoxy groups -OCH3 is 3. The molecule has 1 N–H and O–H groups in total. The number of likely N-dealkylation sites (N-methyl/N-ethyl adjacent to an activating group) is 1. The number of aliphatic hydroxyl groups is 1. The molecule has 0 aromatic heterocycles. The molecular weight excluding hydrogens is 466 g/mol. The molecule has 13 atom stereocenters. The van der Waals surface area contributed by atoms with Gasteiger partial charge in [0.1, 0.15) is 18.5 Å². The van der Waals surface area contributed by atoms with E-state index in [1.54, 1.807) is 21.3 Å². The Morgan fingerprint density at radius 1 is 1.11 bits per heavy atom. The number of carbonyl (C=O) groups excluding carboxylic acids is 1. The quantitative estimate of drug-likeness (QED) is 0.553. The molecule has 2 saturated heterocycles. The third kappa shape index (κ3) is 2.16. The average Bonchev–Trinajstić information content (AvgIpc) is 3.40. The molecule has 5 aliphatic carbocycles. The van der Waals surface area contributed by atoms with E-state index in [0.717, 1.165) is 25.9 Å². The molecule has 7 bridgehead atoms. The van der Waals surface area contributed by atoms with Crippen molar-refractivity contribution in [1.29, 1.82) is 0 Å². The Bertz CT molecular complexity index is 979. The van der Waals surface area contributed by atoms with Gasteiger partial charge in [0.2, 0.25) is 0 Å². The van der Waals surface area contributed by atoms with Crippen LogP contribution in [0.2, 0.25) is 0 Å². The van der Waals surface area contributed by atoms with Crippen LogP contribution in [0, 0.1) is 28.6 Å². The van der Waals surface area contributed by atoms with Gasteiger partial charge in [0.05, 0.1) is 35.4 Å². The van der Waals surface area contributed by atoms with E-state index in [4.69, 9.17) is 28.4 Å². The third-order valence-corrected chi connectivity index (χ3v) is 12.2. The number of carbonyl (C=O) groups is 1. The van der Waals surface area contributed by atoms with Crippen molar-refractivity contribution >= 4 is 5.97 Å². The molecule has 7 fully saturated rings. The Morgan fingerprint density at radius 3 is 2.53 bits per heavy atom. The lowest BCUT2D eigenvalue weighted by Crippen LogP contribution is -2.85. The molecule has 7 aliphatic rings. The van der Waals surface area contributed by atoms with E-state index in [9.17, 15) is 9.90 Å². The maximum atomic E-state index is 13.4. The van der Waals surface area contributed by atoms with Gasteiger partial charge in [0.25, 0.3) is 0 Å². The smallest absolute Gasteiger partial charge is 0.303 e. The molecule has 5 saturated carbocycles.